The van der Waals surface area contributed by atoms with E-state index in [4.69, 9.17) is 11.5 Å². The molecule has 0 aliphatic carbocycles. The fourth-order valence-electron chi connectivity index (χ4n) is 3.46. The highest BCUT2D eigenvalue weighted by atomic mass is 16.2. The van der Waals surface area contributed by atoms with Crippen LogP contribution in [0, 0.1) is 0 Å². The molecule has 1 fully saturated rings. The maximum Gasteiger partial charge on any atom is 0.243 e. The molecular formula is C21H33N5O3. The average molecular weight is 404 g/mol. The van der Waals surface area contributed by atoms with Crippen LogP contribution < -0.4 is 22.1 Å². The third-order valence-corrected chi connectivity index (χ3v) is 5.19. The van der Waals surface area contributed by atoms with Crippen molar-refractivity contribution in [3.63, 3.8) is 0 Å². The van der Waals surface area contributed by atoms with E-state index in [1.165, 1.54) is 0 Å². The lowest BCUT2D eigenvalue weighted by Gasteiger charge is -2.27. The average Bonchev–Trinajstić information content (AvgIpc) is 3.22. The molecule has 0 unspecified atom stereocenters. The van der Waals surface area contributed by atoms with E-state index in [1.54, 1.807) is 11.8 Å². The Bertz CT molecular complexity index is 682. The maximum atomic E-state index is 12.7. The molecule has 0 aromatic heterocycles. The van der Waals surface area contributed by atoms with Gasteiger partial charge < -0.3 is 27.0 Å². The molecule has 160 valence electrons. The van der Waals surface area contributed by atoms with Crippen LogP contribution in [0.4, 0.5) is 0 Å². The molecule has 0 radical (unpaired) electrons. The van der Waals surface area contributed by atoms with Crippen LogP contribution in [-0.2, 0) is 20.9 Å². The van der Waals surface area contributed by atoms with Gasteiger partial charge in [-0.15, -0.1) is 0 Å². The highest BCUT2D eigenvalue weighted by Gasteiger charge is 2.36. The van der Waals surface area contributed by atoms with Crippen LogP contribution in [0.1, 0.15) is 44.6 Å². The number of nitrogens with one attached hydrogen (secondary N) is 2. The van der Waals surface area contributed by atoms with Gasteiger partial charge in [-0.05, 0) is 44.7 Å². The second-order valence-electron chi connectivity index (χ2n) is 7.51. The van der Waals surface area contributed by atoms with Gasteiger partial charge in [0.2, 0.25) is 17.7 Å². The Morgan fingerprint density at radius 2 is 1.93 bits per heavy atom. The summed E-state index contributed by atoms with van der Waals surface area (Å²) in [5.74, 6) is -0.787. The molecule has 6 N–H and O–H groups in total. The molecule has 1 aromatic carbocycles. The van der Waals surface area contributed by atoms with E-state index >= 15 is 0 Å². The molecule has 0 bridgehead atoms. The lowest BCUT2D eigenvalue weighted by atomic mass is 10.1. The summed E-state index contributed by atoms with van der Waals surface area (Å²) >= 11 is 0. The van der Waals surface area contributed by atoms with Gasteiger partial charge in [0, 0.05) is 13.1 Å². The highest BCUT2D eigenvalue weighted by molar-refractivity contribution is 5.93. The molecule has 0 spiro atoms. The lowest BCUT2D eigenvalue weighted by Crippen LogP contribution is -2.54. The fourth-order valence-corrected chi connectivity index (χ4v) is 3.46. The van der Waals surface area contributed by atoms with Crippen LogP contribution in [0.25, 0.3) is 0 Å². The zero-order valence-electron chi connectivity index (χ0n) is 17.1. The quantitative estimate of drug-likeness (QED) is 0.416. The topological polar surface area (TPSA) is 131 Å². The first-order chi connectivity index (χ1) is 13.9. The lowest BCUT2D eigenvalue weighted by molar-refractivity contribution is -0.140. The largest absolute Gasteiger partial charge is 0.350 e. The Kier molecular flexibility index (Phi) is 9.08. The molecule has 1 saturated heterocycles. The number of rotatable bonds is 10. The summed E-state index contributed by atoms with van der Waals surface area (Å²) in [6.45, 7) is 3.11. The fraction of sp³-hybridized carbons (Fsp3) is 0.571. The SMILES string of the molecule is C[C@H](NC(=O)[C@@H]1CCCN1C(=O)[C@@H](N)CCCCN)C(=O)NCc1ccccc1. The van der Waals surface area contributed by atoms with Crippen molar-refractivity contribution < 1.29 is 14.4 Å². The Hall–Kier alpha value is -2.45. The first kappa shape index (κ1) is 22.8. The molecule has 2 rings (SSSR count). The molecule has 3 atom stereocenters. The number of hydrogen-bond acceptors (Lipinski definition) is 5. The zero-order chi connectivity index (χ0) is 21.2. The van der Waals surface area contributed by atoms with Gasteiger partial charge in [0.15, 0.2) is 0 Å². The molecule has 1 aliphatic rings. The second-order valence-corrected chi connectivity index (χ2v) is 7.51. The predicted molar refractivity (Wildman–Crippen MR) is 112 cm³/mol. The van der Waals surface area contributed by atoms with Gasteiger partial charge >= 0.3 is 0 Å². The van der Waals surface area contributed by atoms with Crippen molar-refractivity contribution in [1.29, 1.82) is 0 Å². The van der Waals surface area contributed by atoms with E-state index in [1.807, 2.05) is 30.3 Å². The number of benzene rings is 1. The Morgan fingerprint density at radius 3 is 2.62 bits per heavy atom. The van der Waals surface area contributed by atoms with Gasteiger partial charge in [0.05, 0.1) is 6.04 Å². The van der Waals surface area contributed by atoms with Gasteiger partial charge in [0.1, 0.15) is 12.1 Å². The molecule has 8 heteroatoms. The molecular weight excluding hydrogens is 370 g/mol. The monoisotopic (exact) mass is 403 g/mol. The summed E-state index contributed by atoms with van der Waals surface area (Å²) in [4.78, 5) is 39.2. The Labute approximate surface area is 172 Å². The summed E-state index contributed by atoms with van der Waals surface area (Å²) in [5.41, 5.74) is 12.5. The van der Waals surface area contributed by atoms with Crippen LogP contribution in [0.15, 0.2) is 30.3 Å². The predicted octanol–water partition coefficient (Wildman–Crippen LogP) is 0.255. The zero-order valence-corrected chi connectivity index (χ0v) is 17.1. The number of unbranched alkanes of at least 4 members (excludes halogenated alkanes) is 1. The molecule has 0 saturated carbocycles. The smallest absolute Gasteiger partial charge is 0.243 e. The normalized spacial score (nSPS) is 18.2. The van der Waals surface area contributed by atoms with E-state index in [2.05, 4.69) is 10.6 Å². The van der Waals surface area contributed by atoms with Gasteiger partial charge in [0.25, 0.3) is 0 Å². The van der Waals surface area contributed by atoms with Crippen LogP contribution in [0.3, 0.4) is 0 Å². The highest BCUT2D eigenvalue weighted by Crippen LogP contribution is 2.19. The van der Waals surface area contributed by atoms with E-state index in [0.717, 1.165) is 24.8 Å². The van der Waals surface area contributed by atoms with Gasteiger partial charge in [-0.1, -0.05) is 36.8 Å². The van der Waals surface area contributed by atoms with Crippen LogP contribution in [-0.4, -0.2) is 53.8 Å². The Balaban J connectivity index is 1.84. The number of hydrogen-bond donors (Lipinski definition) is 4. The van der Waals surface area contributed by atoms with Crippen molar-refractivity contribution in [1.82, 2.24) is 15.5 Å². The molecule has 1 aliphatic heterocycles. The number of carbonyl (C=O) groups is 3. The van der Waals surface area contributed by atoms with Gasteiger partial charge in [-0.2, -0.15) is 0 Å². The summed E-state index contributed by atoms with van der Waals surface area (Å²) in [6.07, 6.45) is 3.48. The number of likely N-dealkylation sites (tertiary alicyclic amines) is 1. The number of amides is 3. The van der Waals surface area contributed by atoms with Crippen molar-refractivity contribution in [2.75, 3.05) is 13.1 Å². The van der Waals surface area contributed by atoms with Crippen molar-refractivity contribution in [3.8, 4) is 0 Å². The first-order valence-corrected chi connectivity index (χ1v) is 10.3. The number of nitrogens with two attached hydrogens (primary N) is 2. The standard InChI is InChI=1S/C21H33N5O3/c1-15(19(27)24-14-16-8-3-2-4-9-16)25-20(28)18-11-7-13-26(18)21(29)17(23)10-5-6-12-22/h2-4,8-9,15,17-18H,5-7,10-14,22-23H2,1H3,(H,24,27)(H,25,28)/t15-,17-,18-/m0/s1. The van der Waals surface area contributed by atoms with Crippen molar-refractivity contribution in [2.45, 2.75) is 63.7 Å². The van der Waals surface area contributed by atoms with Crippen LogP contribution in [0.2, 0.25) is 0 Å². The molecule has 8 nitrogen and oxygen atoms in total. The summed E-state index contributed by atoms with van der Waals surface area (Å²) in [5, 5.41) is 5.54. The molecule has 1 heterocycles. The van der Waals surface area contributed by atoms with E-state index in [9.17, 15) is 14.4 Å². The summed E-state index contributed by atoms with van der Waals surface area (Å²) in [6, 6.07) is 7.66. The number of nitrogens with zero attached hydrogens (tertiary/aromatic N) is 1. The summed E-state index contributed by atoms with van der Waals surface area (Å²) < 4.78 is 0. The van der Waals surface area contributed by atoms with Crippen molar-refractivity contribution >= 4 is 17.7 Å². The third-order valence-electron chi connectivity index (χ3n) is 5.19. The van der Waals surface area contributed by atoms with Crippen molar-refractivity contribution in [3.05, 3.63) is 35.9 Å². The Morgan fingerprint density at radius 1 is 1.21 bits per heavy atom. The van der Waals surface area contributed by atoms with Gasteiger partial charge in [-0.3, -0.25) is 14.4 Å². The molecule has 29 heavy (non-hydrogen) atoms. The van der Waals surface area contributed by atoms with E-state index < -0.39 is 18.1 Å². The minimum absolute atomic E-state index is 0.208. The van der Waals surface area contributed by atoms with Crippen LogP contribution in [0.5, 0.6) is 0 Å². The molecule has 1 aromatic rings. The summed E-state index contributed by atoms with van der Waals surface area (Å²) in [7, 11) is 0. The minimum Gasteiger partial charge on any atom is -0.350 e. The van der Waals surface area contributed by atoms with E-state index in [0.29, 0.717) is 32.5 Å². The van der Waals surface area contributed by atoms with Crippen LogP contribution >= 0.6 is 0 Å². The molecule has 3 amide bonds. The van der Waals surface area contributed by atoms with Gasteiger partial charge in [-0.25, -0.2) is 0 Å². The third kappa shape index (κ3) is 6.83. The number of carbonyl (C=O) groups excluding carboxylic acids is 3. The maximum absolute atomic E-state index is 12.7. The second kappa shape index (κ2) is 11.5. The van der Waals surface area contributed by atoms with E-state index in [-0.39, 0.29) is 17.7 Å². The van der Waals surface area contributed by atoms with Crippen molar-refractivity contribution in [2.24, 2.45) is 11.5 Å². The minimum atomic E-state index is -0.693. The first-order valence-electron chi connectivity index (χ1n) is 10.3.